The molecule has 0 aliphatic heterocycles. The Kier molecular flexibility index (Phi) is 2.94. The minimum absolute atomic E-state index is 0.416. The van der Waals surface area contributed by atoms with Crippen LogP contribution in [-0.4, -0.2) is 4.98 Å². The maximum absolute atomic E-state index is 5.92. The van der Waals surface area contributed by atoms with Gasteiger partial charge in [-0.1, -0.05) is 47.0 Å². The second-order valence-corrected chi connectivity index (χ2v) is 4.19. The van der Waals surface area contributed by atoms with Crippen molar-refractivity contribution in [2.45, 2.75) is 6.92 Å². The van der Waals surface area contributed by atoms with E-state index in [-0.39, 0.29) is 0 Å². The molecular formula is C12H9Cl2N. The third-order valence-electron chi connectivity index (χ3n) is 2.07. The quantitative estimate of drug-likeness (QED) is 0.672. The second kappa shape index (κ2) is 4.21. The first-order valence-electron chi connectivity index (χ1n) is 4.55. The number of hydrogen-bond acceptors (Lipinski definition) is 1. The molecule has 0 atom stereocenters. The summed E-state index contributed by atoms with van der Waals surface area (Å²) in [5.74, 6) is 0. The molecule has 1 nitrogen and oxygen atoms in total. The highest BCUT2D eigenvalue weighted by Crippen LogP contribution is 2.24. The molecule has 0 radical (unpaired) electrons. The number of benzene rings is 1. The molecule has 0 amide bonds. The average Bonchev–Trinajstić information content (AvgIpc) is 2.16. The Labute approximate surface area is 98.7 Å². The Balaban J connectivity index is 2.54. The fraction of sp³-hybridized carbons (Fsp3) is 0.0833. The minimum Gasteiger partial charge on any atom is -0.236 e. The lowest BCUT2D eigenvalue weighted by Gasteiger charge is -2.03. The van der Waals surface area contributed by atoms with Crippen molar-refractivity contribution in [3.05, 3.63) is 52.1 Å². The summed E-state index contributed by atoms with van der Waals surface area (Å²) >= 11 is 11.8. The Bertz CT molecular complexity index is 474. The van der Waals surface area contributed by atoms with Crippen molar-refractivity contribution in [2.24, 2.45) is 0 Å². The van der Waals surface area contributed by atoms with Gasteiger partial charge in [0.2, 0.25) is 0 Å². The molecule has 2 aromatic rings. The van der Waals surface area contributed by atoms with E-state index < -0.39 is 0 Å². The van der Waals surface area contributed by atoms with Gasteiger partial charge in [-0.3, -0.25) is 0 Å². The van der Waals surface area contributed by atoms with Gasteiger partial charge in [-0.15, -0.1) is 0 Å². The van der Waals surface area contributed by atoms with Crippen molar-refractivity contribution in [3.8, 4) is 11.3 Å². The number of hydrogen-bond donors (Lipinski definition) is 0. The zero-order valence-corrected chi connectivity index (χ0v) is 9.68. The van der Waals surface area contributed by atoms with Crippen LogP contribution in [-0.2, 0) is 0 Å². The molecule has 0 spiro atoms. The predicted octanol–water partition coefficient (Wildman–Crippen LogP) is 4.36. The number of nitrogens with zero attached hydrogens (tertiary/aromatic N) is 1. The summed E-state index contributed by atoms with van der Waals surface area (Å²) in [5.41, 5.74) is 3.01. The van der Waals surface area contributed by atoms with Crippen LogP contribution in [0.15, 0.2) is 36.4 Å². The molecule has 3 heteroatoms. The summed E-state index contributed by atoms with van der Waals surface area (Å²) < 4.78 is 0. The molecule has 0 fully saturated rings. The maximum atomic E-state index is 5.92. The van der Waals surface area contributed by atoms with Crippen molar-refractivity contribution in [1.29, 1.82) is 0 Å². The first-order chi connectivity index (χ1) is 7.15. The molecule has 1 aromatic heterocycles. The summed E-state index contributed by atoms with van der Waals surface area (Å²) in [5, 5.41) is 1.02. The van der Waals surface area contributed by atoms with E-state index in [1.54, 1.807) is 6.07 Å². The number of rotatable bonds is 1. The predicted molar refractivity (Wildman–Crippen MR) is 64.4 cm³/mol. The van der Waals surface area contributed by atoms with Gasteiger partial charge in [-0.05, 0) is 25.1 Å². The number of aromatic nitrogens is 1. The van der Waals surface area contributed by atoms with Crippen LogP contribution in [0.4, 0.5) is 0 Å². The van der Waals surface area contributed by atoms with Crippen LogP contribution < -0.4 is 0 Å². The first kappa shape index (κ1) is 10.5. The lowest BCUT2D eigenvalue weighted by atomic mass is 10.1. The molecule has 0 aliphatic carbocycles. The normalized spacial score (nSPS) is 10.3. The standard InChI is InChI=1S/C12H9Cl2N/c1-8-3-2-4-9(5-8)11-6-10(13)7-12(14)15-11/h2-7H,1H3. The van der Waals surface area contributed by atoms with Crippen molar-refractivity contribution in [3.63, 3.8) is 0 Å². The van der Waals surface area contributed by atoms with Crippen molar-refractivity contribution >= 4 is 23.2 Å². The molecule has 0 saturated carbocycles. The van der Waals surface area contributed by atoms with Crippen LogP contribution in [0.25, 0.3) is 11.3 Å². The largest absolute Gasteiger partial charge is 0.236 e. The van der Waals surface area contributed by atoms with Crippen molar-refractivity contribution in [1.82, 2.24) is 4.98 Å². The highest BCUT2D eigenvalue weighted by atomic mass is 35.5. The van der Waals surface area contributed by atoms with Gasteiger partial charge in [0.25, 0.3) is 0 Å². The topological polar surface area (TPSA) is 12.9 Å². The Morgan fingerprint density at radius 3 is 2.53 bits per heavy atom. The Hall–Kier alpha value is -1.05. The van der Waals surface area contributed by atoms with Gasteiger partial charge in [-0.25, -0.2) is 4.98 Å². The second-order valence-electron chi connectivity index (χ2n) is 3.36. The van der Waals surface area contributed by atoms with Crippen LogP contribution in [0.2, 0.25) is 10.2 Å². The third-order valence-corrected chi connectivity index (χ3v) is 2.48. The zero-order chi connectivity index (χ0) is 10.8. The third kappa shape index (κ3) is 2.49. The smallest absolute Gasteiger partial charge is 0.131 e. The van der Waals surface area contributed by atoms with Gasteiger partial charge < -0.3 is 0 Å². The van der Waals surface area contributed by atoms with Crippen LogP contribution >= 0.6 is 23.2 Å². The van der Waals surface area contributed by atoms with E-state index in [0.717, 1.165) is 11.3 Å². The lowest BCUT2D eigenvalue weighted by molar-refractivity contribution is 1.32. The number of aryl methyl sites for hydroxylation is 1. The van der Waals surface area contributed by atoms with Gasteiger partial charge in [0.05, 0.1) is 5.69 Å². The van der Waals surface area contributed by atoms with E-state index >= 15 is 0 Å². The van der Waals surface area contributed by atoms with Crippen molar-refractivity contribution < 1.29 is 0 Å². The van der Waals surface area contributed by atoms with Gasteiger partial charge in [0, 0.05) is 10.6 Å². The molecular weight excluding hydrogens is 229 g/mol. The average molecular weight is 238 g/mol. The Morgan fingerprint density at radius 2 is 1.87 bits per heavy atom. The minimum atomic E-state index is 0.416. The van der Waals surface area contributed by atoms with Gasteiger partial charge in [0.15, 0.2) is 0 Å². The van der Waals surface area contributed by atoms with Crippen LogP contribution in [0.1, 0.15) is 5.56 Å². The van der Waals surface area contributed by atoms with Gasteiger partial charge in [0.1, 0.15) is 5.15 Å². The van der Waals surface area contributed by atoms with E-state index in [2.05, 4.69) is 11.1 Å². The van der Waals surface area contributed by atoms with Crippen LogP contribution in [0.5, 0.6) is 0 Å². The first-order valence-corrected chi connectivity index (χ1v) is 5.31. The highest BCUT2D eigenvalue weighted by molar-refractivity contribution is 6.34. The van der Waals surface area contributed by atoms with E-state index in [1.807, 2.05) is 31.2 Å². The molecule has 0 unspecified atom stereocenters. The SMILES string of the molecule is Cc1cccc(-c2cc(Cl)cc(Cl)n2)c1. The summed E-state index contributed by atoms with van der Waals surface area (Å²) in [6.07, 6.45) is 0. The number of halogens is 2. The molecule has 76 valence electrons. The van der Waals surface area contributed by atoms with Gasteiger partial charge >= 0.3 is 0 Å². The molecule has 0 aliphatic rings. The van der Waals surface area contributed by atoms with E-state index in [0.29, 0.717) is 10.2 Å². The van der Waals surface area contributed by atoms with E-state index in [4.69, 9.17) is 23.2 Å². The molecule has 0 N–H and O–H groups in total. The molecule has 1 aromatic carbocycles. The summed E-state index contributed by atoms with van der Waals surface area (Å²) in [7, 11) is 0. The molecule has 1 heterocycles. The molecule has 15 heavy (non-hydrogen) atoms. The Morgan fingerprint density at radius 1 is 1.07 bits per heavy atom. The molecule has 2 rings (SSSR count). The number of pyridine rings is 1. The van der Waals surface area contributed by atoms with E-state index in [9.17, 15) is 0 Å². The van der Waals surface area contributed by atoms with Crippen LogP contribution in [0, 0.1) is 6.92 Å². The monoisotopic (exact) mass is 237 g/mol. The summed E-state index contributed by atoms with van der Waals surface area (Å²) in [4.78, 5) is 4.23. The zero-order valence-electron chi connectivity index (χ0n) is 8.17. The molecule has 0 saturated heterocycles. The maximum Gasteiger partial charge on any atom is 0.131 e. The van der Waals surface area contributed by atoms with Gasteiger partial charge in [-0.2, -0.15) is 0 Å². The van der Waals surface area contributed by atoms with Crippen LogP contribution in [0.3, 0.4) is 0 Å². The lowest BCUT2D eigenvalue weighted by Crippen LogP contribution is -1.85. The van der Waals surface area contributed by atoms with E-state index in [1.165, 1.54) is 5.56 Å². The fourth-order valence-corrected chi connectivity index (χ4v) is 1.89. The highest BCUT2D eigenvalue weighted by Gasteiger charge is 2.02. The van der Waals surface area contributed by atoms with Crippen molar-refractivity contribution in [2.75, 3.05) is 0 Å². The summed E-state index contributed by atoms with van der Waals surface area (Å²) in [6.45, 7) is 2.04. The molecule has 0 bridgehead atoms. The fourth-order valence-electron chi connectivity index (χ4n) is 1.42. The summed E-state index contributed by atoms with van der Waals surface area (Å²) in [6, 6.07) is 11.5.